The Morgan fingerprint density at radius 1 is 1.07 bits per heavy atom. The zero-order valence-corrected chi connectivity index (χ0v) is 17.0. The lowest BCUT2D eigenvalue weighted by Gasteiger charge is -2.26. The van der Waals surface area contributed by atoms with Crippen LogP contribution in [-0.4, -0.2) is 31.4 Å². The molecule has 4 rings (SSSR count). The van der Waals surface area contributed by atoms with Crippen LogP contribution in [0.15, 0.2) is 53.4 Å². The quantitative estimate of drug-likeness (QED) is 0.809. The lowest BCUT2D eigenvalue weighted by Crippen LogP contribution is -2.40. The summed E-state index contributed by atoms with van der Waals surface area (Å²) in [4.78, 5) is 0.423. The Balaban J connectivity index is 1.45. The molecule has 4 nitrogen and oxygen atoms in total. The second-order valence-electron chi connectivity index (χ2n) is 8.69. The molecule has 2 aromatic rings. The number of hydrogen-bond acceptors (Lipinski definition) is 4. The van der Waals surface area contributed by atoms with E-state index >= 15 is 0 Å². The van der Waals surface area contributed by atoms with Crippen LogP contribution in [-0.2, 0) is 22.7 Å². The van der Waals surface area contributed by atoms with Gasteiger partial charge < -0.3 is 10.8 Å². The van der Waals surface area contributed by atoms with E-state index in [0.717, 1.165) is 38.5 Å². The summed E-state index contributed by atoms with van der Waals surface area (Å²) in [5.41, 5.74) is 9.75. The molecular weight excluding hydrogens is 370 g/mol. The zero-order chi connectivity index (χ0) is 19.8. The Labute approximate surface area is 167 Å². The SMILES string of the molecule is N[C@@]1(CO)CC[C@H](c2ccc3c(c2)CC[C@H](CS(=O)(=O)c2ccccc2)C3)C1. The van der Waals surface area contributed by atoms with Gasteiger partial charge in [-0.05, 0) is 79.2 Å². The molecule has 3 N–H and O–H groups in total. The van der Waals surface area contributed by atoms with Gasteiger partial charge in [-0.2, -0.15) is 0 Å². The molecule has 28 heavy (non-hydrogen) atoms. The molecule has 2 aromatic carbocycles. The molecule has 1 fully saturated rings. The van der Waals surface area contributed by atoms with Crippen LogP contribution >= 0.6 is 0 Å². The largest absolute Gasteiger partial charge is 0.394 e. The fraction of sp³-hybridized carbons (Fsp3) is 0.478. The van der Waals surface area contributed by atoms with Crippen LogP contribution in [0.4, 0.5) is 0 Å². The Morgan fingerprint density at radius 2 is 1.86 bits per heavy atom. The lowest BCUT2D eigenvalue weighted by molar-refractivity contribution is 0.198. The number of fused-ring (bicyclic) bond motifs is 1. The fourth-order valence-electron chi connectivity index (χ4n) is 4.87. The van der Waals surface area contributed by atoms with Gasteiger partial charge >= 0.3 is 0 Å². The maximum atomic E-state index is 12.7. The van der Waals surface area contributed by atoms with E-state index in [0.29, 0.717) is 10.8 Å². The van der Waals surface area contributed by atoms with Crippen LogP contribution in [0.25, 0.3) is 0 Å². The lowest BCUT2D eigenvalue weighted by atomic mass is 9.82. The molecule has 0 aromatic heterocycles. The summed E-state index contributed by atoms with van der Waals surface area (Å²) in [6.45, 7) is 0.0476. The van der Waals surface area contributed by atoms with Crippen molar-refractivity contribution in [2.75, 3.05) is 12.4 Å². The summed E-state index contributed by atoms with van der Waals surface area (Å²) in [6, 6.07) is 15.4. The first-order valence-electron chi connectivity index (χ1n) is 10.2. The second-order valence-corrected chi connectivity index (χ2v) is 10.7. The van der Waals surface area contributed by atoms with Gasteiger partial charge in [-0.1, -0.05) is 36.4 Å². The normalized spacial score (nSPS) is 27.5. The van der Waals surface area contributed by atoms with Crippen molar-refractivity contribution in [3.05, 3.63) is 65.2 Å². The number of hydrogen-bond donors (Lipinski definition) is 2. The average Bonchev–Trinajstić information content (AvgIpc) is 3.11. The number of aliphatic hydroxyl groups is 1. The summed E-state index contributed by atoms with van der Waals surface area (Å²) in [5.74, 6) is 0.798. The third kappa shape index (κ3) is 4.02. The van der Waals surface area contributed by atoms with Crippen LogP contribution in [0.5, 0.6) is 0 Å². The van der Waals surface area contributed by atoms with E-state index in [-0.39, 0.29) is 18.3 Å². The maximum Gasteiger partial charge on any atom is 0.178 e. The maximum absolute atomic E-state index is 12.7. The number of aryl methyl sites for hydroxylation is 1. The topological polar surface area (TPSA) is 80.4 Å². The van der Waals surface area contributed by atoms with E-state index in [4.69, 9.17) is 5.73 Å². The number of sulfone groups is 1. The molecule has 0 bridgehead atoms. The second kappa shape index (κ2) is 7.62. The predicted molar refractivity (Wildman–Crippen MR) is 111 cm³/mol. The molecular formula is C23H29NO3S. The third-order valence-corrected chi connectivity index (χ3v) is 8.45. The molecule has 0 heterocycles. The summed E-state index contributed by atoms with van der Waals surface area (Å²) in [7, 11) is -3.24. The van der Waals surface area contributed by atoms with E-state index in [9.17, 15) is 13.5 Å². The van der Waals surface area contributed by atoms with Crippen molar-refractivity contribution in [1.82, 2.24) is 0 Å². The van der Waals surface area contributed by atoms with Gasteiger partial charge in [-0.25, -0.2) is 8.42 Å². The number of benzene rings is 2. The summed E-state index contributed by atoms with van der Waals surface area (Å²) in [6.07, 6.45) is 5.38. The van der Waals surface area contributed by atoms with Crippen LogP contribution in [0.2, 0.25) is 0 Å². The first-order valence-corrected chi connectivity index (χ1v) is 11.8. The molecule has 0 radical (unpaired) electrons. The van der Waals surface area contributed by atoms with Crippen molar-refractivity contribution >= 4 is 9.84 Å². The Kier molecular flexibility index (Phi) is 5.34. The average molecular weight is 400 g/mol. The molecule has 0 aliphatic heterocycles. The number of aliphatic hydroxyl groups excluding tert-OH is 1. The molecule has 0 unspecified atom stereocenters. The molecule has 2 aliphatic carbocycles. The molecule has 3 atom stereocenters. The number of rotatable bonds is 5. The minimum Gasteiger partial charge on any atom is -0.394 e. The standard InChI is InChI=1S/C23H29NO3S/c24-23(16-25)11-10-21(14-23)20-9-8-18-12-17(6-7-19(18)13-20)15-28(26,27)22-4-2-1-3-5-22/h1-5,8-9,13,17,21,25H,6-7,10-12,14-16,24H2/t17-,21-,23-/m0/s1. The van der Waals surface area contributed by atoms with E-state index in [1.165, 1.54) is 16.7 Å². The van der Waals surface area contributed by atoms with Crippen molar-refractivity contribution in [3.8, 4) is 0 Å². The van der Waals surface area contributed by atoms with Crippen LogP contribution in [0.1, 0.15) is 48.3 Å². The van der Waals surface area contributed by atoms with Gasteiger partial charge in [-0.3, -0.25) is 0 Å². The minimum atomic E-state index is -3.24. The third-order valence-electron chi connectivity index (χ3n) is 6.55. The van der Waals surface area contributed by atoms with Crippen LogP contribution in [0, 0.1) is 5.92 Å². The van der Waals surface area contributed by atoms with E-state index < -0.39 is 15.4 Å². The number of nitrogens with two attached hydrogens (primary N) is 1. The van der Waals surface area contributed by atoms with E-state index in [2.05, 4.69) is 18.2 Å². The highest BCUT2D eigenvalue weighted by Gasteiger charge is 2.36. The predicted octanol–water partition coefficient (Wildman–Crippen LogP) is 3.22. The van der Waals surface area contributed by atoms with Crippen molar-refractivity contribution in [3.63, 3.8) is 0 Å². The van der Waals surface area contributed by atoms with Crippen molar-refractivity contribution in [2.24, 2.45) is 11.7 Å². The molecule has 0 saturated heterocycles. The van der Waals surface area contributed by atoms with Gasteiger partial charge in [0.25, 0.3) is 0 Å². The molecule has 2 aliphatic rings. The fourth-order valence-corrected chi connectivity index (χ4v) is 6.53. The van der Waals surface area contributed by atoms with Gasteiger partial charge in [0.05, 0.1) is 17.3 Å². The molecule has 0 amide bonds. The van der Waals surface area contributed by atoms with E-state index in [1.807, 2.05) is 6.07 Å². The monoisotopic (exact) mass is 399 g/mol. The molecule has 1 saturated carbocycles. The smallest absolute Gasteiger partial charge is 0.178 e. The minimum absolute atomic E-state index is 0.0476. The Morgan fingerprint density at radius 3 is 2.57 bits per heavy atom. The summed E-state index contributed by atoms with van der Waals surface area (Å²) >= 11 is 0. The molecule has 0 spiro atoms. The molecule has 150 valence electrons. The van der Waals surface area contributed by atoms with Gasteiger partial charge in [0.2, 0.25) is 0 Å². The summed E-state index contributed by atoms with van der Waals surface area (Å²) in [5, 5.41) is 9.51. The highest BCUT2D eigenvalue weighted by molar-refractivity contribution is 7.91. The first kappa shape index (κ1) is 19.6. The van der Waals surface area contributed by atoms with Gasteiger partial charge in [0, 0.05) is 5.54 Å². The van der Waals surface area contributed by atoms with Crippen molar-refractivity contribution < 1.29 is 13.5 Å². The van der Waals surface area contributed by atoms with Crippen LogP contribution < -0.4 is 5.73 Å². The van der Waals surface area contributed by atoms with Gasteiger partial charge in [0.1, 0.15) is 0 Å². The van der Waals surface area contributed by atoms with E-state index in [1.54, 1.807) is 24.3 Å². The summed E-state index contributed by atoms with van der Waals surface area (Å²) < 4.78 is 25.4. The van der Waals surface area contributed by atoms with Crippen molar-refractivity contribution in [2.45, 2.75) is 54.9 Å². The highest BCUT2D eigenvalue weighted by Crippen LogP contribution is 2.40. The van der Waals surface area contributed by atoms with Gasteiger partial charge in [0.15, 0.2) is 9.84 Å². The van der Waals surface area contributed by atoms with Crippen molar-refractivity contribution in [1.29, 1.82) is 0 Å². The zero-order valence-electron chi connectivity index (χ0n) is 16.2. The van der Waals surface area contributed by atoms with Crippen LogP contribution in [0.3, 0.4) is 0 Å². The Hall–Kier alpha value is -1.69. The highest BCUT2D eigenvalue weighted by atomic mass is 32.2. The first-order chi connectivity index (χ1) is 13.4. The Bertz CT molecular complexity index is 942. The molecule has 5 heteroatoms. The van der Waals surface area contributed by atoms with Gasteiger partial charge in [-0.15, -0.1) is 0 Å².